The number of furan rings is 1. The van der Waals surface area contributed by atoms with Crippen LogP contribution in [0.2, 0.25) is 0 Å². The van der Waals surface area contributed by atoms with E-state index in [0.29, 0.717) is 39.3 Å². The van der Waals surface area contributed by atoms with Crippen molar-refractivity contribution >= 4 is 40.3 Å². The molecule has 0 unspecified atom stereocenters. The van der Waals surface area contributed by atoms with Crippen LogP contribution in [0.4, 0.5) is 11.4 Å². The molecule has 168 valence electrons. The lowest BCUT2D eigenvalue weighted by atomic mass is 10.1. The fourth-order valence-corrected chi connectivity index (χ4v) is 4.42. The smallest absolute Gasteiger partial charge is 0.273 e. The van der Waals surface area contributed by atoms with Crippen molar-refractivity contribution in [2.24, 2.45) is 4.99 Å². The first kappa shape index (κ1) is 22.5. The summed E-state index contributed by atoms with van der Waals surface area (Å²) in [6.07, 6.45) is 2.50. The lowest BCUT2D eigenvalue weighted by molar-refractivity contribution is -0.385. The minimum Gasteiger partial charge on any atom is -0.457 e. The molecule has 0 radical (unpaired) electrons. The van der Waals surface area contributed by atoms with Gasteiger partial charge in [0.05, 0.1) is 15.5 Å². The summed E-state index contributed by atoms with van der Waals surface area (Å²) < 4.78 is 5.89. The summed E-state index contributed by atoms with van der Waals surface area (Å²) in [6.45, 7) is 6.30. The Bertz CT molecular complexity index is 1280. The molecule has 1 aromatic heterocycles. The Kier molecular flexibility index (Phi) is 6.46. The van der Waals surface area contributed by atoms with Crippen LogP contribution in [0.25, 0.3) is 17.4 Å². The van der Waals surface area contributed by atoms with Crippen molar-refractivity contribution in [3.8, 4) is 11.3 Å². The van der Waals surface area contributed by atoms with Gasteiger partial charge in [0, 0.05) is 29.8 Å². The Balaban J connectivity index is 1.62. The molecule has 0 spiro atoms. The second-order valence-corrected chi connectivity index (χ2v) is 8.77. The van der Waals surface area contributed by atoms with Crippen molar-refractivity contribution in [1.82, 2.24) is 4.90 Å². The minimum atomic E-state index is -0.407. The summed E-state index contributed by atoms with van der Waals surface area (Å²) in [5.74, 6) is 0.883. The molecule has 7 nitrogen and oxygen atoms in total. The molecule has 1 fully saturated rings. The fourth-order valence-electron chi connectivity index (χ4n) is 3.42. The molecule has 0 bridgehead atoms. The Labute approximate surface area is 196 Å². The summed E-state index contributed by atoms with van der Waals surface area (Å²) in [4.78, 5) is 30.8. The second kappa shape index (κ2) is 9.46. The van der Waals surface area contributed by atoms with E-state index in [1.165, 1.54) is 17.8 Å². The number of aryl methyl sites for hydroxylation is 2. The van der Waals surface area contributed by atoms with Gasteiger partial charge in [-0.15, -0.1) is 0 Å². The normalized spacial score (nSPS) is 16.2. The van der Waals surface area contributed by atoms with Gasteiger partial charge >= 0.3 is 0 Å². The molecule has 2 aromatic carbocycles. The maximum absolute atomic E-state index is 13.0. The number of carbonyl (C=O) groups is 1. The monoisotopic (exact) mass is 461 g/mol. The number of amides is 1. The van der Waals surface area contributed by atoms with E-state index in [2.05, 4.69) is 4.99 Å². The van der Waals surface area contributed by atoms with Crippen LogP contribution >= 0.6 is 11.8 Å². The van der Waals surface area contributed by atoms with Gasteiger partial charge in [-0.2, -0.15) is 0 Å². The molecule has 1 aliphatic heterocycles. The van der Waals surface area contributed by atoms with Gasteiger partial charge in [0.2, 0.25) is 0 Å². The zero-order chi connectivity index (χ0) is 23.5. The van der Waals surface area contributed by atoms with E-state index < -0.39 is 4.92 Å². The van der Waals surface area contributed by atoms with Gasteiger partial charge in [-0.05, 0) is 56.3 Å². The van der Waals surface area contributed by atoms with E-state index in [9.17, 15) is 14.9 Å². The second-order valence-electron chi connectivity index (χ2n) is 7.76. The molecule has 1 aliphatic rings. The molecule has 8 heteroatoms. The first-order chi connectivity index (χ1) is 15.9. The molecule has 1 amide bonds. The number of rotatable bonds is 6. The third-order valence-corrected chi connectivity index (χ3v) is 6.19. The number of carbonyl (C=O) groups excluding carboxylic acids is 1. The maximum Gasteiger partial charge on any atom is 0.273 e. The van der Waals surface area contributed by atoms with Crippen LogP contribution in [0.1, 0.15) is 30.2 Å². The molecule has 0 N–H and O–H groups in total. The molecule has 2 heterocycles. The maximum atomic E-state index is 13.0. The van der Waals surface area contributed by atoms with Gasteiger partial charge < -0.3 is 4.42 Å². The third-order valence-electron chi connectivity index (χ3n) is 5.18. The molecule has 33 heavy (non-hydrogen) atoms. The molecule has 4 rings (SSSR count). The van der Waals surface area contributed by atoms with Crippen LogP contribution < -0.4 is 0 Å². The molecular weight excluding hydrogens is 438 g/mol. The molecule has 1 saturated heterocycles. The van der Waals surface area contributed by atoms with E-state index in [0.717, 1.165) is 17.7 Å². The first-order valence-electron chi connectivity index (χ1n) is 10.6. The van der Waals surface area contributed by atoms with E-state index >= 15 is 0 Å². The van der Waals surface area contributed by atoms with Gasteiger partial charge in [-0.3, -0.25) is 19.8 Å². The molecule has 0 aliphatic carbocycles. The number of benzene rings is 2. The molecule has 0 saturated carbocycles. The Morgan fingerprint density at radius 3 is 2.58 bits per heavy atom. The predicted octanol–water partition coefficient (Wildman–Crippen LogP) is 6.49. The third kappa shape index (κ3) is 4.90. The number of hydrogen-bond donors (Lipinski definition) is 0. The highest BCUT2D eigenvalue weighted by atomic mass is 32.2. The zero-order valence-corrected chi connectivity index (χ0v) is 19.4. The Morgan fingerprint density at radius 2 is 1.88 bits per heavy atom. The average molecular weight is 462 g/mol. The van der Waals surface area contributed by atoms with Crippen molar-refractivity contribution in [3.05, 3.63) is 86.5 Å². The summed E-state index contributed by atoms with van der Waals surface area (Å²) in [5.41, 5.74) is 3.17. The Hall–Kier alpha value is -3.65. The molecular formula is C25H23N3O4S. The summed E-state index contributed by atoms with van der Waals surface area (Å²) in [7, 11) is 0. The summed E-state index contributed by atoms with van der Waals surface area (Å²) in [6, 6.07) is 16.3. The number of nitro benzene ring substituents is 1. The van der Waals surface area contributed by atoms with Gasteiger partial charge in [-0.25, -0.2) is 4.99 Å². The number of nitro groups is 1. The molecule has 0 atom stereocenters. The van der Waals surface area contributed by atoms with Gasteiger partial charge in [0.15, 0.2) is 5.17 Å². The lowest BCUT2D eigenvalue weighted by Crippen LogP contribution is -2.29. The summed E-state index contributed by atoms with van der Waals surface area (Å²) >= 11 is 1.31. The predicted molar refractivity (Wildman–Crippen MR) is 131 cm³/mol. The fraction of sp³-hybridized carbons (Fsp3) is 0.200. The highest BCUT2D eigenvalue weighted by Gasteiger charge is 2.33. The van der Waals surface area contributed by atoms with Crippen LogP contribution in [-0.4, -0.2) is 27.4 Å². The zero-order valence-electron chi connectivity index (χ0n) is 18.6. The number of thioether (sulfide) groups is 1. The SMILES string of the molecule is CCCN1C(=O)/C(=C\c2ccc(-c3ccc(C)c([N+](=O)[O-])c3)o2)SC1=Nc1ccc(C)cc1. The van der Waals surface area contributed by atoms with Gasteiger partial charge in [0.25, 0.3) is 11.6 Å². The average Bonchev–Trinajstić information content (AvgIpc) is 3.36. The quantitative estimate of drug-likeness (QED) is 0.238. The summed E-state index contributed by atoms with van der Waals surface area (Å²) in [5, 5.41) is 11.9. The number of hydrogen-bond acceptors (Lipinski definition) is 6. The van der Waals surface area contributed by atoms with Crippen molar-refractivity contribution in [3.63, 3.8) is 0 Å². The van der Waals surface area contributed by atoms with Crippen LogP contribution in [0.5, 0.6) is 0 Å². The first-order valence-corrected chi connectivity index (χ1v) is 11.4. The van der Waals surface area contributed by atoms with Crippen molar-refractivity contribution in [2.75, 3.05) is 6.54 Å². The van der Waals surface area contributed by atoms with Crippen LogP contribution in [0.3, 0.4) is 0 Å². The van der Waals surface area contributed by atoms with Crippen LogP contribution in [0.15, 0.2) is 68.9 Å². The van der Waals surface area contributed by atoms with Gasteiger partial charge in [-0.1, -0.05) is 36.8 Å². The van der Waals surface area contributed by atoms with E-state index in [-0.39, 0.29) is 11.6 Å². The number of nitrogens with zero attached hydrogens (tertiary/aromatic N) is 3. The molecule has 3 aromatic rings. The topological polar surface area (TPSA) is 89.0 Å². The highest BCUT2D eigenvalue weighted by Crippen LogP contribution is 2.35. The van der Waals surface area contributed by atoms with Crippen LogP contribution in [0, 0.1) is 24.0 Å². The van der Waals surface area contributed by atoms with Crippen LogP contribution in [-0.2, 0) is 4.79 Å². The van der Waals surface area contributed by atoms with Crippen molar-refractivity contribution in [2.45, 2.75) is 27.2 Å². The highest BCUT2D eigenvalue weighted by molar-refractivity contribution is 8.18. The van der Waals surface area contributed by atoms with E-state index in [1.54, 1.807) is 42.2 Å². The largest absolute Gasteiger partial charge is 0.457 e. The minimum absolute atomic E-state index is 0.0393. The number of aliphatic imine (C=N–C) groups is 1. The van der Waals surface area contributed by atoms with Gasteiger partial charge in [0.1, 0.15) is 11.5 Å². The van der Waals surface area contributed by atoms with Crippen molar-refractivity contribution in [1.29, 1.82) is 0 Å². The lowest BCUT2D eigenvalue weighted by Gasteiger charge is -2.13. The van der Waals surface area contributed by atoms with E-state index in [4.69, 9.17) is 4.42 Å². The van der Waals surface area contributed by atoms with E-state index in [1.807, 2.05) is 38.1 Å². The van der Waals surface area contributed by atoms with Crippen molar-refractivity contribution < 1.29 is 14.1 Å². The number of amidine groups is 1. The standard InChI is InChI=1S/C25H23N3O4S/c1-4-13-27-24(29)23(33-25(27)26-19-9-5-16(2)6-10-19)15-20-11-12-22(32-20)18-8-7-17(3)21(14-18)28(30)31/h5-12,14-15H,4,13H2,1-3H3/b23-15+,26-25?. The Morgan fingerprint density at radius 1 is 1.12 bits per heavy atom.